The molecule has 4 nitrogen and oxygen atoms in total. The average Bonchev–Trinajstić information content (AvgIpc) is 2.55. The zero-order chi connectivity index (χ0) is 12.6. The van der Waals surface area contributed by atoms with Crippen molar-refractivity contribution in [3.05, 3.63) is 27.7 Å². The van der Waals surface area contributed by atoms with Gasteiger partial charge in [0.1, 0.15) is 11.4 Å². The van der Waals surface area contributed by atoms with Gasteiger partial charge in [0.25, 0.3) is 0 Å². The van der Waals surface area contributed by atoms with E-state index in [0.717, 1.165) is 20.9 Å². The molecule has 2 rings (SSSR count). The van der Waals surface area contributed by atoms with Crippen molar-refractivity contribution in [3.63, 3.8) is 0 Å². The van der Waals surface area contributed by atoms with E-state index in [9.17, 15) is 4.79 Å². The molecular weight excluding hydrogens is 284 g/mol. The summed E-state index contributed by atoms with van der Waals surface area (Å²) in [5, 5.41) is 0.793. The van der Waals surface area contributed by atoms with E-state index < -0.39 is 5.97 Å². The number of carbonyl (C=O) groups is 1. The van der Waals surface area contributed by atoms with Gasteiger partial charge >= 0.3 is 5.97 Å². The van der Waals surface area contributed by atoms with Crippen LogP contribution < -0.4 is 5.73 Å². The summed E-state index contributed by atoms with van der Waals surface area (Å²) in [7, 11) is 0. The lowest BCUT2D eigenvalue weighted by Gasteiger charge is -2.02. The molecule has 0 spiro atoms. The summed E-state index contributed by atoms with van der Waals surface area (Å²) in [5.74, 6) is -0.0473. The lowest BCUT2D eigenvalue weighted by molar-refractivity contribution is 0.0530. The molecule has 0 saturated heterocycles. The quantitative estimate of drug-likeness (QED) is 0.837. The number of hydrogen-bond acceptors (Lipinski definition) is 3. The minimum absolute atomic E-state index is 0.334. The Bertz CT molecular complexity index is 590. The Morgan fingerprint density at radius 1 is 1.53 bits per heavy atom. The van der Waals surface area contributed by atoms with E-state index in [0.29, 0.717) is 18.0 Å². The van der Waals surface area contributed by atoms with E-state index in [-0.39, 0.29) is 0 Å². The van der Waals surface area contributed by atoms with Gasteiger partial charge in [0.05, 0.1) is 6.61 Å². The van der Waals surface area contributed by atoms with E-state index in [1.54, 1.807) is 6.92 Å². The second-order valence-electron chi connectivity index (χ2n) is 3.78. The van der Waals surface area contributed by atoms with E-state index in [4.69, 9.17) is 10.5 Å². The molecule has 0 aliphatic rings. The minimum Gasteiger partial charge on any atom is -0.462 e. The molecule has 0 aliphatic carbocycles. The van der Waals surface area contributed by atoms with E-state index >= 15 is 0 Å². The number of ether oxygens (including phenoxy) is 1. The molecule has 0 amide bonds. The van der Waals surface area contributed by atoms with Crippen molar-refractivity contribution in [2.45, 2.75) is 13.8 Å². The van der Waals surface area contributed by atoms with E-state index in [1.165, 1.54) is 0 Å². The third-order valence-corrected chi connectivity index (χ3v) is 3.44. The molecule has 3 N–H and O–H groups in total. The number of H-pyrrole nitrogens is 1. The fourth-order valence-corrected chi connectivity index (χ4v) is 2.11. The smallest absolute Gasteiger partial charge is 0.342 e. The third kappa shape index (κ3) is 2.02. The highest BCUT2D eigenvalue weighted by molar-refractivity contribution is 9.10. The second kappa shape index (κ2) is 4.41. The number of nitrogens with two attached hydrogens (primary N) is 1. The molecule has 0 fully saturated rings. The maximum Gasteiger partial charge on any atom is 0.342 e. The summed E-state index contributed by atoms with van der Waals surface area (Å²) < 4.78 is 5.97. The van der Waals surface area contributed by atoms with Crippen LogP contribution in [0.2, 0.25) is 0 Å². The number of nitrogens with one attached hydrogen (secondary N) is 1. The molecule has 1 aromatic carbocycles. The summed E-state index contributed by atoms with van der Waals surface area (Å²) in [6, 6.07) is 3.82. The first-order valence-electron chi connectivity index (χ1n) is 5.29. The van der Waals surface area contributed by atoms with Gasteiger partial charge in [-0.25, -0.2) is 4.79 Å². The summed E-state index contributed by atoms with van der Waals surface area (Å²) >= 11 is 3.44. The molecule has 90 valence electrons. The predicted molar refractivity (Wildman–Crippen MR) is 71.1 cm³/mol. The average molecular weight is 297 g/mol. The standard InChI is InChI=1S/C12H13BrN2O2/c1-3-17-12(16)10-7-4-6(2)8(13)5-9(7)15-11(10)14/h4-5,15H,3,14H2,1-2H3. The number of aromatic nitrogens is 1. The largest absolute Gasteiger partial charge is 0.462 e. The Balaban J connectivity index is 2.66. The van der Waals surface area contributed by atoms with Gasteiger partial charge < -0.3 is 15.5 Å². The predicted octanol–water partition coefficient (Wildman–Crippen LogP) is 3.00. The van der Waals surface area contributed by atoms with Crippen LogP contribution in [0.25, 0.3) is 10.9 Å². The van der Waals surface area contributed by atoms with Crippen molar-refractivity contribution in [1.82, 2.24) is 4.98 Å². The van der Waals surface area contributed by atoms with Crippen LogP contribution in [0.1, 0.15) is 22.8 Å². The topological polar surface area (TPSA) is 68.1 Å². The fourth-order valence-electron chi connectivity index (χ4n) is 1.77. The first-order chi connectivity index (χ1) is 8.04. The maximum absolute atomic E-state index is 11.8. The Kier molecular flexibility index (Phi) is 3.11. The van der Waals surface area contributed by atoms with Gasteiger partial charge in [-0.15, -0.1) is 0 Å². The van der Waals surface area contributed by atoms with Crippen LogP contribution in [0.5, 0.6) is 0 Å². The fraction of sp³-hybridized carbons (Fsp3) is 0.250. The number of anilines is 1. The molecule has 0 aliphatic heterocycles. The number of halogens is 1. The number of esters is 1. The van der Waals surface area contributed by atoms with Crippen LogP contribution in [0.15, 0.2) is 16.6 Å². The zero-order valence-electron chi connectivity index (χ0n) is 9.63. The van der Waals surface area contributed by atoms with E-state index in [1.807, 2.05) is 19.1 Å². The first kappa shape index (κ1) is 12.0. The lowest BCUT2D eigenvalue weighted by Crippen LogP contribution is -2.06. The van der Waals surface area contributed by atoms with Gasteiger partial charge in [0.2, 0.25) is 0 Å². The zero-order valence-corrected chi connectivity index (χ0v) is 11.2. The Morgan fingerprint density at radius 2 is 2.24 bits per heavy atom. The molecule has 0 atom stereocenters. The minimum atomic E-state index is -0.391. The first-order valence-corrected chi connectivity index (χ1v) is 6.08. The van der Waals surface area contributed by atoms with Crippen molar-refractivity contribution in [3.8, 4) is 0 Å². The van der Waals surface area contributed by atoms with E-state index in [2.05, 4.69) is 20.9 Å². The molecule has 0 saturated carbocycles. The molecular formula is C12H13BrN2O2. The van der Waals surface area contributed by atoms with Crippen LogP contribution in [0.4, 0.5) is 5.82 Å². The van der Waals surface area contributed by atoms with Gasteiger partial charge in [0, 0.05) is 15.4 Å². The summed E-state index contributed by atoms with van der Waals surface area (Å²) in [5.41, 5.74) is 8.09. The number of aromatic amines is 1. The van der Waals surface area contributed by atoms with Gasteiger partial charge in [-0.2, -0.15) is 0 Å². The molecule has 0 unspecified atom stereocenters. The van der Waals surface area contributed by atoms with Gasteiger partial charge in [-0.05, 0) is 31.5 Å². The van der Waals surface area contributed by atoms with Crippen LogP contribution in [0, 0.1) is 6.92 Å². The van der Waals surface area contributed by atoms with Gasteiger partial charge in [-0.3, -0.25) is 0 Å². The monoisotopic (exact) mass is 296 g/mol. The Morgan fingerprint density at radius 3 is 2.88 bits per heavy atom. The number of benzene rings is 1. The molecule has 17 heavy (non-hydrogen) atoms. The molecule has 2 aromatic rings. The highest BCUT2D eigenvalue weighted by atomic mass is 79.9. The van der Waals surface area contributed by atoms with Crippen molar-refractivity contribution in [1.29, 1.82) is 0 Å². The van der Waals surface area contributed by atoms with Crippen molar-refractivity contribution < 1.29 is 9.53 Å². The Labute approximate surface area is 107 Å². The lowest BCUT2D eigenvalue weighted by atomic mass is 10.1. The second-order valence-corrected chi connectivity index (χ2v) is 4.64. The molecule has 0 bridgehead atoms. The highest BCUT2D eigenvalue weighted by Crippen LogP contribution is 2.29. The van der Waals surface area contributed by atoms with Crippen molar-refractivity contribution in [2.24, 2.45) is 0 Å². The number of hydrogen-bond donors (Lipinski definition) is 2. The number of aryl methyl sites for hydroxylation is 1. The SMILES string of the molecule is CCOC(=O)c1c(N)[nH]c2cc(Br)c(C)cc12. The molecule has 1 heterocycles. The molecule has 5 heteroatoms. The molecule has 0 radical (unpaired) electrons. The summed E-state index contributed by atoms with van der Waals surface area (Å²) in [4.78, 5) is 14.8. The third-order valence-electron chi connectivity index (χ3n) is 2.59. The van der Waals surface area contributed by atoms with Crippen LogP contribution in [0.3, 0.4) is 0 Å². The van der Waals surface area contributed by atoms with Crippen molar-refractivity contribution >= 4 is 38.6 Å². The number of nitrogen functional groups attached to an aromatic ring is 1. The molecule has 1 aromatic heterocycles. The van der Waals surface area contributed by atoms with Crippen LogP contribution in [-0.2, 0) is 4.74 Å². The number of carbonyl (C=O) groups excluding carboxylic acids is 1. The summed E-state index contributed by atoms with van der Waals surface area (Å²) in [6.07, 6.45) is 0. The Hall–Kier alpha value is -1.49. The van der Waals surface area contributed by atoms with Crippen molar-refractivity contribution in [2.75, 3.05) is 12.3 Å². The number of fused-ring (bicyclic) bond motifs is 1. The maximum atomic E-state index is 11.8. The van der Waals surface area contributed by atoms with Gasteiger partial charge in [0.15, 0.2) is 0 Å². The van der Waals surface area contributed by atoms with Crippen LogP contribution in [-0.4, -0.2) is 17.6 Å². The highest BCUT2D eigenvalue weighted by Gasteiger charge is 2.18. The summed E-state index contributed by atoms with van der Waals surface area (Å²) in [6.45, 7) is 4.06. The van der Waals surface area contributed by atoms with Crippen LogP contribution >= 0.6 is 15.9 Å². The normalized spacial score (nSPS) is 10.8. The van der Waals surface area contributed by atoms with Gasteiger partial charge in [-0.1, -0.05) is 15.9 Å². The number of rotatable bonds is 2.